The number of esters is 1. The van der Waals surface area contributed by atoms with Crippen molar-refractivity contribution in [2.24, 2.45) is 17.8 Å². The lowest BCUT2D eigenvalue weighted by molar-refractivity contribution is -0.156. The molecule has 0 aromatic rings. The highest BCUT2D eigenvalue weighted by atomic mass is 28.4. The van der Waals surface area contributed by atoms with E-state index < -0.39 is 8.32 Å². The maximum atomic E-state index is 12.2. The summed E-state index contributed by atoms with van der Waals surface area (Å²) in [5.74, 6) is 0.737. The standard InChI is InChI=1S/C28H58O5Si/c1-14-20(4)27(31-11)22(6)24(32-26(29)16-3)18-17-21(5)25(30-10)19-23(15-2)33-34(12,13)28(7,8)9/h20-25,27H,14-19H2,1-13H3/t20-,21+,22+,23-,24-,25+,27-/m1/s1. The molecule has 0 bridgehead atoms. The Balaban J connectivity index is 5.34. The van der Waals surface area contributed by atoms with Gasteiger partial charge in [0.05, 0.1) is 12.2 Å². The molecule has 0 N–H and O–H groups in total. The van der Waals surface area contributed by atoms with Crippen LogP contribution in [0.25, 0.3) is 0 Å². The van der Waals surface area contributed by atoms with Crippen LogP contribution in [0.5, 0.6) is 0 Å². The second kappa shape index (κ2) is 15.6. The quantitative estimate of drug-likeness (QED) is 0.151. The van der Waals surface area contributed by atoms with E-state index in [0.29, 0.717) is 18.3 Å². The Labute approximate surface area is 213 Å². The van der Waals surface area contributed by atoms with Gasteiger partial charge in [-0.3, -0.25) is 4.79 Å². The Kier molecular flexibility index (Phi) is 15.4. The lowest BCUT2D eigenvalue weighted by Crippen LogP contribution is -2.45. The summed E-state index contributed by atoms with van der Waals surface area (Å²) in [6.07, 6.45) is 5.26. The average molecular weight is 503 g/mol. The van der Waals surface area contributed by atoms with Crippen LogP contribution >= 0.6 is 0 Å². The fraction of sp³-hybridized carbons (Fsp3) is 0.964. The predicted octanol–water partition coefficient (Wildman–Crippen LogP) is 7.63. The molecule has 0 aliphatic carbocycles. The van der Waals surface area contributed by atoms with Gasteiger partial charge in [0.25, 0.3) is 0 Å². The van der Waals surface area contributed by atoms with Crippen LogP contribution < -0.4 is 0 Å². The summed E-state index contributed by atoms with van der Waals surface area (Å²) in [5.41, 5.74) is 0. The fourth-order valence-corrected chi connectivity index (χ4v) is 5.86. The Hall–Kier alpha value is -0.433. The first-order valence-corrected chi connectivity index (χ1v) is 16.5. The first-order valence-electron chi connectivity index (χ1n) is 13.6. The molecule has 0 saturated heterocycles. The predicted molar refractivity (Wildman–Crippen MR) is 146 cm³/mol. The molecule has 0 saturated carbocycles. The number of carbonyl (C=O) groups excluding carboxylic acids is 1. The van der Waals surface area contributed by atoms with Gasteiger partial charge in [0.15, 0.2) is 8.32 Å². The molecule has 0 amide bonds. The molecule has 0 aliphatic heterocycles. The molecule has 5 nitrogen and oxygen atoms in total. The molecule has 0 unspecified atom stereocenters. The second-order valence-electron chi connectivity index (χ2n) is 11.8. The van der Waals surface area contributed by atoms with Crippen molar-refractivity contribution in [1.29, 1.82) is 0 Å². The van der Waals surface area contributed by atoms with Crippen LogP contribution in [-0.4, -0.2) is 52.9 Å². The number of hydrogen-bond acceptors (Lipinski definition) is 5. The molecule has 0 heterocycles. The number of carbonyl (C=O) groups is 1. The van der Waals surface area contributed by atoms with E-state index in [9.17, 15) is 4.79 Å². The van der Waals surface area contributed by atoms with Crippen molar-refractivity contribution in [2.75, 3.05) is 14.2 Å². The van der Waals surface area contributed by atoms with E-state index in [2.05, 4.69) is 68.5 Å². The summed E-state index contributed by atoms with van der Waals surface area (Å²) in [4.78, 5) is 12.2. The zero-order chi connectivity index (χ0) is 26.7. The summed E-state index contributed by atoms with van der Waals surface area (Å²) in [7, 11) is 1.74. The zero-order valence-corrected chi connectivity index (χ0v) is 25.8. The van der Waals surface area contributed by atoms with E-state index in [4.69, 9.17) is 18.6 Å². The molecule has 0 radical (unpaired) electrons. The number of ether oxygens (including phenoxy) is 3. The first kappa shape index (κ1) is 33.6. The number of methoxy groups -OCH3 is 2. The van der Waals surface area contributed by atoms with Crippen molar-refractivity contribution in [2.45, 2.75) is 143 Å². The zero-order valence-electron chi connectivity index (χ0n) is 24.8. The van der Waals surface area contributed by atoms with Gasteiger partial charge in [0, 0.05) is 32.7 Å². The summed E-state index contributed by atoms with van der Waals surface area (Å²) in [5, 5.41) is 0.189. The van der Waals surface area contributed by atoms with Crippen LogP contribution in [0.4, 0.5) is 0 Å². The molecule has 6 heteroatoms. The van der Waals surface area contributed by atoms with Crippen molar-refractivity contribution in [1.82, 2.24) is 0 Å². The molecule has 0 aromatic heterocycles. The van der Waals surface area contributed by atoms with Gasteiger partial charge in [0.2, 0.25) is 0 Å². The molecule has 0 aromatic carbocycles. The minimum Gasteiger partial charge on any atom is -0.462 e. The summed E-state index contributed by atoms with van der Waals surface area (Å²) in [6.45, 7) is 24.3. The van der Waals surface area contributed by atoms with Crippen LogP contribution in [0.3, 0.4) is 0 Å². The largest absolute Gasteiger partial charge is 0.462 e. The smallest absolute Gasteiger partial charge is 0.305 e. The van der Waals surface area contributed by atoms with Crippen molar-refractivity contribution >= 4 is 14.3 Å². The topological polar surface area (TPSA) is 54.0 Å². The molecular weight excluding hydrogens is 444 g/mol. The third-order valence-corrected chi connectivity index (χ3v) is 12.8. The minimum absolute atomic E-state index is 0.0654. The summed E-state index contributed by atoms with van der Waals surface area (Å²) < 4.78 is 24.5. The van der Waals surface area contributed by atoms with Crippen molar-refractivity contribution < 1.29 is 23.4 Å². The third kappa shape index (κ3) is 10.7. The molecule has 0 rings (SSSR count). The Morgan fingerprint density at radius 3 is 1.85 bits per heavy atom. The second-order valence-corrected chi connectivity index (χ2v) is 16.6. The molecule has 34 heavy (non-hydrogen) atoms. The maximum absolute atomic E-state index is 12.2. The highest BCUT2D eigenvalue weighted by molar-refractivity contribution is 6.74. The maximum Gasteiger partial charge on any atom is 0.305 e. The van der Waals surface area contributed by atoms with Crippen LogP contribution in [0.1, 0.15) is 101 Å². The van der Waals surface area contributed by atoms with Gasteiger partial charge in [-0.05, 0) is 55.7 Å². The molecule has 7 atom stereocenters. The average Bonchev–Trinajstić information content (AvgIpc) is 2.77. The van der Waals surface area contributed by atoms with E-state index >= 15 is 0 Å². The van der Waals surface area contributed by atoms with Crippen LogP contribution in [0, 0.1) is 17.8 Å². The number of rotatable bonds is 17. The Morgan fingerprint density at radius 1 is 0.853 bits per heavy atom. The lowest BCUT2D eigenvalue weighted by atomic mass is 9.84. The molecule has 0 aliphatic rings. The van der Waals surface area contributed by atoms with Crippen LogP contribution in [-0.2, 0) is 23.4 Å². The minimum atomic E-state index is -1.84. The Morgan fingerprint density at radius 2 is 1.44 bits per heavy atom. The summed E-state index contributed by atoms with van der Waals surface area (Å²) >= 11 is 0. The van der Waals surface area contributed by atoms with Gasteiger partial charge in [0.1, 0.15) is 6.10 Å². The van der Waals surface area contributed by atoms with Gasteiger partial charge in [-0.1, -0.05) is 68.7 Å². The summed E-state index contributed by atoms with van der Waals surface area (Å²) in [6, 6.07) is 0. The fourth-order valence-electron chi connectivity index (χ4n) is 4.41. The highest BCUT2D eigenvalue weighted by Gasteiger charge is 2.39. The van der Waals surface area contributed by atoms with Crippen molar-refractivity contribution in [3.05, 3.63) is 0 Å². The highest BCUT2D eigenvalue weighted by Crippen LogP contribution is 2.38. The van der Waals surface area contributed by atoms with E-state index in [1.807, 2.05) is 6.92 Å². The van der Waals surface area contributed by atoms with Crippen molar-refractivity contribution in [3.63, 3.8) is 0 Å². The molecular formula is C28H58O5Si. The van der Waals surface area contributed by atoms with Gasteiger partial charge in [-0.2, -0.15) is 0 Å². The Bertz CT molecular complexity index is 559. The van der Waals surface area contributed by atoms with E-state index in [-0.39, 0.29) is 41.3 Å². The van der Waals surface area contributed by atoms with Gasteiger partial charge in [-0.15, -0.1) is 0 Å². The monoisotopic (exact) mass is 502 g/mol. The SMILES string of the molecule is CCC(=O)O[C@H](CC[C@H](C)[C@H](C[C@@H](CC)O[Si](C)(C)C(C)(C)C)OC)[C@H](C)[C@H](OC)[C@H](C)CC. The van der Waals surface area contributed by atoms with Gasteiger partial charge in [-0.25, -0.2) is 0 Å². The van der Waals surface area contributed by atoms with E-state index in [0.717, 1.165) is 32.1 Å². The lowest BCUT2D eigenvalue weighted by Gasteiger charge is -2.40. The van der Waals surface area contributed by atoms with Gasteiger partial charge < -0.3 is 18.6 Å². The molecule has 0 fully saturated rings. The van der Waals surface area contributed by atoms with Crippen LogP contribution in [0.2, 0.25) is 18.1 Å². The van der Waals surface area contributed by atoms with Crippen molar-refractivity contribution in [3.8, 4) is 0 Å². The third-order valence-electron chi connectivity index (χ3n) is 8.22. The number of hydrogen-bond donors (Lipinski definition) is 0. The van der Waals surface area contributed by atoms with E-state index in [1.165, 1.54) is 0 Å². The van der Waals surface area contributed by atoms with E-state index in [1.54, 1.807) is 14.2 Å². The molecule has 204 valence electrons. The van der Waals surface area contributed by atoms with Crippen LogP contribution in [0.15, 0.2) is 0 Å². The van der Waals surface area contributed by atoms with Gasteiger partial charge >= 0.3 is 5.97 Å². The first-order chi connectivity index (χ1) is 15.7. The normalized spacial score (nSPS) is 19.1. The molecule has 0 spiro atoms.